The van der Waals surface area contributed by atoms with Gasteiger partial charge in [0.05, 0.1) is 5.56 Å². The van der Waals surface area contributed by atoms with E-state index in [0.29, 0.717) is 5.82 Å². The van der Waals surface area contributed by atoms with Crippen molar-refractivity contribution in [1.82, 2.24) is 25.1 Å². The summed E-state index contributed by atoms with van der Waals surface area (Å²) in [6.45, 7) is 5.05. The molecule has 1 aliphatic rings. The maximum Gasteiger partial charge on any atom is 0.325 e. The lowest BCUT2D eigenvalue weighted by Gasteiger charge is -2.47. The summed E-state index contributed by atoms with van der Waals surface area (Å²) in [5, 5.41) is 12.8. The summed E-state index contributed by atoms with van der Waals surface area (Å²) in [6.07, 6.45) is 3.29. The van der Waals surface area contributed by atoms with E-state index in [1.165, 1.54) is 9.80 Å². The van der Waals surface area contributed by atoms with Gasteiger partial charge in [0.1, 0.15) is 23.7 Å². The van der Waals surface area contributed by atoms with Gasteiger partial charge in [0.25, 0.3) is 0 Å². The van der Waals surface area contributed by atoms with Crippen molar-refractivity contribution in [3.63, 3.8) is 0 Å². The molecule has 0 aliphatic carbocycles. The Morgan fingerprint density at radius 2 is 1.62 bits per heavy atom. The Kier molecular flexibility index (Phi) is 8.83. The van der Waals surface area contributed by atoms with Crippen molar-refractivity contribution >= 4 is 17.8 Å². The van der Waals surface area contributed by atoms with E-state index in [2.05, 4.69) is 15.3 Å². The van der Waals surface area contributed by atoms with Crippen molar-refractivity contribution in [3.8, 4) is 11.4 Å². The molecule has 4 rings (SSSR count). The number of carbonyl (C=O) groups is 3. The molecule has 2 heterocycles. The monoisotopic (exact) mass is 551 g/mol. The number of carboxylic acid groups (broad SMARTS) is 1. The molecule has 40 heavy (non-hydrogen) atoms. The van der Waals surface area contributed by atoms with Crippen LogP contribution >= 0.6 is 0 Å². The molecule has 9 nitrogen and oxygen atoms in total. The van der Waals surface area contributed by atoms with Gasteiger partial charge in [0.15, 0.2) is 5.82 Å². The van der Waals surface area contributed by atoms with Crippen LogP contribution in [0.15, 0.2) is 60.9 Å². The van der Waals surface area contributed by atoms with Gasteiger partial charge < -0.3 is 15.3 Å². The first-order valence-corrected chi connectivity index (χ1v) is 13.0. The Hall–Kier alpha value is -4.25. The number of aromatic nitrogens is 2. The second-order valence-electron chi connectivity index (χ2n) is 10.1. The quantitative estimate of drug-likeness (QED) is 0.441. The first kappa shape index (κ1) is 28.8. The van der Waals surface area contributed by atoms with Crippen LogP contribution in [0.4, 0.5) is 8.78 Å². The number of hydrogen-bond acceptors (Lipinski definition) is 6. The van der Waals surface area contributed by atoms with Crippen molar-refractivity contribution in [3.05, 3.63) is 83.7 Å². The number of aliphatic carboxylic acids is 1. The number of hydrogen-bond donors (Lipinski definition) is 2. The average Bonchev–Trinajstić information content (AvgIpc) is 2.93. The van der Waals surface area contributed by atoms with Crippen LogP contribution in [0.5, 0.6) is 0 Å². The van der Waals surface area contributed by atoms with E-state index in [0.717, 1.165) is 29.3 Å². The fourth-order valence-corrected chi connectivity index (χ4v) is 4.97. The van der Waals surface area contributed by atoms with E-state index in [9.17, 15) is 28.3 Å². The van der Waals surface area contributed by atoms with Gasteiger partial charge in [-0.3, -0.25) is 19.3 Å². The molecular formula is C29H31F2N5O4. The smallest absolute Gasteiger partial charge is 0.325 e. The van der Waals surface area contributed by atoms with Gasteiger partial charge in [-0.05, 0) is 30.7 Å². The van der Waals surface area contributed by atoms with E-state index in [4.69, 9.17) is 0 Å². The maximum atomic E-state index is 14.6. The number of rotatable bonds is 8. The summed E-state index contributed by atoms with van der Waals surface area (Å²) in [4.78, 5) is 50.1. The molecule has 0 bridgehead atoms. The van der Waals surface area contributed by atoms with Crippen LogP contribution < -0.4 is 5.32 Å². The van der Waals surface area contributed by atoms with Crippen molar-refractivity contribution < 1.29 is 28.3 Å². The molecule has 1 fully saturated rings. The minimum Gasteiger partial charge on any atom is -0.480 e. The molecule has 2 N–H and O–H groups in total. The third-order valence-electron chi connectivity index (χ3n) is 6.88. The Morgan fingerprint density at radius 1 is 1.00 bits per heavy atom. The molecular weight excluding hydrogens is 520 g/mol. The number of nitrogens with one attached hydrogen (secondary N) is 1. The summed E-state index contributed by atoms with van der Waals surface area (Å²) in [7, 11) is 0. The van der Waals surface area contributed by atoms with Crippen LogP contribution in [0.1, 0.15) is 37.9 Å². The number of amides is 2. The van der Waals surface area contributed by atoms with Gasteiger partial charge in [-0.15, -0.1) is 0 Å². The van der Waals surface area contributed by atoms with Crippen molar-refractivity contribution in [1.29, 1.82) is 0 Å². The van der Waals surface area contributed by atoms with Gasteiger partial charge in [-0.1, -0.05) is 44.2 Å². The van der Waals surface area contributed by atoms with E-state index < -0.39 is 53.1 Å². The van der Waals surface area contributed by atoms with E-state index in [1.54, 1.807) is 39.2 Å². The molecule has 2 aromatic carbocycles. The summed E-state index contributed by atoms with van der Waals surface area (Å²) in [6, 6.07) is 8.82. The Morgan fingerprint density at radius 3 is 2.20 bits per heavy atom. The molecule has 2 amide bonds. The van der Waals surface area contributed by atoms with Gasteiger partial charge in [-0.25, -0.2) is 18.7 Å². The molecule has 11 heteroatoms. The lowest BCUT2D eigenvalue weighted by molar-refractivity contribution is -0.155. The van der Waals surface area contributed by atoms with Crippen LogP contribution in [0.2, 0.25) is 0 Å². The number of nitrogens with zero attached hydrogens (tertiary/aromatic N) is 4. The van der Waals surface area contributed by atoms with Crippen molar-refractivity contribution in [2.75, 3.05) is 13.1 Å². The largest absolute Gasteiger partial charge is 0.480 e. The SMILES string of the molecule is CC(C)C(=O)N1[C@H](C)CN([C@H](C(=O)O)c2c(F)cccc2F)C[C@@H]1C(=O)NCc1ccc(-c2ncccn2)cc1. The Bertz CT molecular complexity index is 1350. The summed E-state index contributed by atoms with van der Waals surface area (Å²) in [5.41, 5.74) is 0.987. The summed E-state index contributed by atoms with van der Waals surface area (Å²) < 4.78 is 29.3. The minimum atomic E-state index is -1.68. The highest BCUT2D eigenvalue weighted by molar-refractivity contribution is 5.89. The van der Waals surface area contributed by atoms with E-state index >= 15 is 0 Å². The number of halogens is 2. The Labute approximate surface area is 230 Å². The average molecular weight is 552 g/mol. The van der Waals surface area contributed by atoms with Gasteiger partial charge in [0, 0.05) is 49.6 Å². The standard InChI is InChI=1S/C29H31F2N5O4/c1-17(2)28(38)36-18(3)15-35(25(29(39)40)24-21(30)6-4-7-22(24)31)16-23(36)27(37)34-14-19-8-10-20(11-9-19)26-32-12-5-13-33-26/h4-13,17-18,23,25H,14-16H2,1-3H3,(H,34,37)(H,39,40)/t18-,23-,25+/m1/s1. The van der Waals surface area contributed by atoms with E-state index in [1.807, 2.05) is 24.3 Å². The zero-order chi connectivity index (χ0) is 29.0. The number of benzene rings is 2. The minimum absolute atomic E-state index is 0.00992. The fraction of sp³-hybridized carbons (Fsp3) is 0.345. The molecule has 3 aromatic rings. The van der Waals surface area contributed by atoms with Crippen molar-refractivity contribution in [2.45, 2.75) is 45.4 Å². The van der Waals surface area contributed by atoms with Gasteiger partial charge >= 0.3 is 5.97 Å². The molecule has 210 valence electrons. The molecule has 1 saturated heterocycles. The topological polar surface area (TPSA) is 116 Å². The van der Waals surface area contributed by atoms with Crippen molar-refractivity contribution in [2.24, 2.45) is 5.92 Å². The van der Waals surface area contributed by atoms with Crippen LogP contribution in [0, 0.1) is 17.6 Å². The predicted octanol–water partition coefficient (Wildman–Crippen LogP) is 3.42. The lowest BCUT2D eigenvalue weighted by Crippen LogP contribution is -2.65. The second kappa shape index (κ2) is 12.3. The highest BCUT2D eigenvalue weighted by Crippen LogP contribution is 2.31. The number of carboxylic acids is 1. The van der Waals surface area contributed by atoms with Crippen LogP contribution in [-0.2, 0) is 20.9 Å². The zero-order valence-corrected chi connectivity index (χ0v) is 22.4. The third-order valence-corrected chi connectivity index (χ3v) is 6.88. The second-order valence-corrected chi connectivity index (χ2v) is 10.1. The normalized spacial score (nSPS) is 18.4. The molecule has 3 atom stereocenters. The number of piperazine rings is 1. The fourth-order valence-electron chi connectivity index (χ4n) is 4.97. The molecule has 0 unspecified atom stereocenters. The summed E-state index contributed by atoms with van der Waals surface area (Å²) in [5.74, 6) is -4.07. The van der Waals surface area contributed by atoms with Crippen LogP contribution in [-0.4, -0.2) is 67.8 Å². The van der Waals surface area contributed by atoms with Crippen LogP contribution in [0.3, 0.4) is 0 Å². The first-order chi connectivity index (χ1) is 19.1. The van der Waals surface area contributed by atoms with E-state index in [-0.39, 0.29) is 25.5 Å². The Balaban J connectivity index is 1.57. The lowest BCUT2D eigenvalue weighted by atomic mass is 9.97. The van der Waals surface area contributed by atoms with Gasteiger partial charge in [0.2, 0.25) is 11.8 Å². The predicted molar refractivity (Wildman–Crippen MR) is 143 cm³/mol. The first-order valence-electron chi connectivity index (χ1n) is 13.0. The van der Waals surface area contributed by atoms with Crippen LogP contribution in [0.25, 0.3) is 11.4 Å². The zero-order valence-electron chi connectivity index (χ0n) is 22.4. The number of carbonyl (C=O) groups excluding carboxylic acids is 2. The molecule has 0 saturated carbocycles. The molecule has 1 aromatic heterocycles. The third kappa shape index (κ3) is 6.15. The molecule has 0 radical (unpaired) electrons. The molecule has 0 spiro atoms. The van der Waals surface area contributed by atoms with Gasteiger partial charge in [-0.2, -0.15) is 0 Å². The summed E-state index contributed by atoms with van der Waals surface area (Å²) >= 11 is 0. The highest BCUT2D eigenvalue weighted by atomic mass is 19.1. The molecule has 1 aliphatic heterocycles. The highest BCUT2D eigenvalue weighted by Gasteiger charge is 2.44. The maximum absolute atomic E-state index is 14.6.